The van der Waals surface area contributed by atoms with Gasteiger partial charge in [-0.05, 0) is 23.6 Å². The lowest BCUT2D eigenvalue weighted by molar-refractivity contribution is -0.384. The predicted octanol–water partition coefficient (Wildman–Crippen LogP) is 2.03. The largest absolute Gasteiger partial charge is 0.455 e. The minimum atomic E-state index is -0.668. The van der Waals surface area contributed by atoms with Gasteiger partial charge < -0.3 is 15.8 Å². The molecule has 3 N–H and O–H groups in total. The van der Waals surface area contributed by atoms with Crippen molar-refractivity contribution >= 4 is 51.6 Å². The molecule has 0 aliphatic rings. The van der Waals surface area contributed by atoms with E-state index >= 15 is 0 Å². The van der Waals surface area contributed by atoms with Crippen LogP contribution in [0, 0.1) is 10.1 Å². The maximum Gasteiger partial charge on any atom is 0.316 e. The molecular weight excluding hydrogens is 382 g/mol. The van der Waals surface area contributed by atoms with Crippen LogP contribution in [0.25, 0.3) is 0 Å². The van der Waals surface area contributed by atoms with Crippen molar-refractivity contribution in [1.82, 2.24) is 0 Å². The number of benzene rings is 1. The summed E-state index contributed by atoms with van der Waals surface area (Å²) in [6.07, 6.45) is 0. The molecular formula is C15H13N3O6S2. The summed E-state index contributed by atoms with van der Waals surface area (Å²) in [5.41, 5.74) is 5.31. The number of hydrogen-bond acceptors (Lipinski definition) is 8. The number of nitro benzene ring substituents is 1. The van der Waals surface area contributed by atoms with Crippen molar-refractivity contribution in [2.45, 2.75) is 4.90 Å². The number of thiophene rings is 1. The lowest BCUT2D eigenvalue weighted by Gasteiger charge is -2.06. The summed E-state index contributed by atoms with van der Waals surface area (Å²) < 4.78 is 4.85. The number of nitrogens with zero attached hydrogens (tertiary/aromatic N) is 1. The predicted molar refractivity (Wildman–Crippen MR) is 96.2 cm³/mol. The van der Waals surface area contributed by atoms with E-state index in [9.17, 15) is 24.5 Å². The Morgan fingerprint density at radius 1 is 1.23 bits per heavy atom. The smallest absolute Gasteiger partial charge is 0.316 e. The Labute approximate surface area is 155 Å². The molecule has 9 nitrogen and oxygen atoms in total. The van der Waals surface area contributed by atoms with Crippen molar-refractivity contribution in [3.63, 3.8) is 0 Å². The highest BCUT2D eigenvalue weighted by atomic mass is 32.2. The molecule has 0 aliphatic carbocycles. The quantitative estimate of drug-likeness (QED) is 0.301. The van der Waals surface area contributed by atoms with Crippen LogP contribution in [-0.2, 0) is 14.3 Å². The van der Waals surface area contributed by atoms with Gasteiger partial charge >= 0.3 is 5.97 Å². The summed E-state index contributed by atoms with van der Waals surface area (Å²) in [5, 5.41) is 14.9. The lowest BCUT2D eigenvalue weighted by atomic mass is 10.3. The average molecular weight is 395 g/mol. The van der Waals surface area contributed by atoms with E-state index in [1.807, 2.05) is 0 Å². The second-order valence-electron chi connectivity index (χ2n) is 4.78. The first-order chi connectivity index (χ1) is 12.4. The van der Waals surface area contributed by atoms with Crippen molar-refractivity contribution in [3.8, 4) is 0 Å². The number of primary amides is 1. The summed E-state index contributed by atoms with van der Waals surface area (Å²) in [6.45, 7) is -0.504. The van der Waals surface area contributed by atoms with Gasteiger partial charge in [0.2, 0.25) is 0 Å². The standard InChI is InChI=1S/C15H13N3O6S2/c16-14(21)11-5-6-25-15(11)17-12(19)7-24-13(20)8-26-10-3-1-9(2-4-10)18(22)23/h1-6H,7-8H2,(H2,16,21)(H,17,19). The van der Waals surface area contributed by atoms with Crippen molar-refractivity contribution in [1.29, 1.82) is 0 Å². The SMILES string of the molecule is NC(=O)c1ccsc1NC(=O)COC(=O)CSc1ccc([N+](=O)[O-])cc1. The number of esters is 1. The van der Waals surface area contributed by atoms with Gasteiger partial charge in [0.15, 0.2) is 6.61 Å². The summed E-state index contributed by atoms with van der Waals surface area (Å²) in [4.78, 5) is 45.3. The molecule has 136 valence electrons. The van der Waals surface area contributed by atoms with E-state index in [2.05, 4.69) is 5.32 Å². The number of hydrogen-bond donors (Lipinski definition) is 2. The van der Waals surface area contributed by atoms with Crippen LogP contribution in [0.2, 0.25) is 0 Å². The van der Waals surface area contributed by atoms with Gasteiger partial charge in [-0.15, -0.1) is 23.1 Å². The van der Waals surface area contributed by atoms with E-state index in [1.165, 1.54) is 30.3 Å². The van der Waals surface area contributed by atoms with Gasteiger partial charge in [0.05, 0.1) is 16.2 Å². The highest BCUT2D eigenvalue weighted by Gasteiger charge is 2.14. The maximum absolute atomic E-state index is 11.8. The number of amides is 2. The lowest BCUT2D eigenvalue weighted by Crippen LogP contribution is -2.22. The number of non-ortho nitro benzene ring substituents is 1. The van der Waals surface area contributed by atoms with Crippen LogP contribution >= 0.6 is 23.1 Å². The highest BCUT2D eigenvalue weighted by molar-refractivity contribution is 8.00. The van der Waals surface area contributed by atoms with Crippen molar-refractivity contribution < 1.29 is 24.0 Å². The maximum atomic E-state index is 11.8. The van der Waals surface area contributed by atoms with Gasteiger partial charge in [-0.25, -0.2) is 0 Å². The summed E-state index contributed by atoms with van der Waals surface area (Å²) in [5.74, 6) is -1.94. The number of thioether (sulfide) groups is 1. The Kier molecular flexibility index (Phi) is 6.69. The van der Waals surface area contributed by atoms with Crippen LogP contribution in [0.15, 0.2) is 40.6 Å². The molecule has 0 radical (unpaired) electrons. The molecule has 0 unspecified atom stereocenters. The van der Waals surface area contributed by atoms with Crippen molar-refractivity contribution in [2.24, 2.45) is 5.73 Å². The number of nitro groups is 1. The summed E-state index contributed by atoms with van der Waals surface area (Å²) >= 11 is 2.25. The number of rotatable bonds is 8. The Morgan fingerprint density at radius 3 is 2.54 bits per heavy atom. The van der Waals surface area contributed by atoms with Gasteiger partial charge in [-0.1, -0.05) is 0 Å². The van der Waals surface area contributed by atoms with E-state index < -0.39 is 29.3 Å². The molecule has 0 saturated heterocycles. The Morgan fingerprint density at radius 2 is 1.92 bits per heavy atom. The van der Waals surface area contributed by atoms with Crippen LogP contribution in [0.4, 0.5) is 10.7 Å². The Balaban J connectivity index is 1.75. The Bertz CT molecular complexity index is 834. The third-order valence-corrected chi connectivity index (χ3v) is 4.77. The first-order valence-corrected chi connectivity index (χ1v) is 8.93. The van der Waals surface area contributed by atoms with E-state index in [1.54, 1.807) is 5.38 Å². The topological polar surface area (TPSA) is 142 Å². The summed E-state index contributed by atoms with van der Waals surface area (Å²) in [7, 11) is 0. The monoisotopic (exact) mass is 395 g/mol. The van der Waals surface area contributed by atoms with Gasteiger partial charge in [0.1, 0.15) is 5.00 Å². The normalized spacial score (nSPS) is 10.2. The van der Waals surface area contributed by atoms with E-state index in [0.717, 1.165) is 23.1 Å². The van der Waals surface area contributed by atoms with E-state index in [0.29, 0.717) is 9.90 Å². The van der Waals surface area contributed by atoms with Crippen molar-refractivity contribution in [3.05, 3.63) is 51.4 Å². The molecule has 1 aromatic heterocycles. The zero-order valence-corrected chi connectivity index (χ0v) is 14.8. The molecule has 0 spiro atoms. The molecule has 0 aliphatic heterocycles. The van der Waals surface area contributed by atoms with Gasteiger partial charge in [-0.2, -0.15) is 0 Å². The number of ether oxygens (including phenoxy) is 1. The molecule has 26 heavy (non-hydrogen) atoms. The minimum absolute atomic E-state index is 0.0440. The zero-order chi connectivity index (χ0) is 19.1. The summed E-state index contributed by atoms with van der Waals surface area (Å²) in [6, 6.07) is 7.18. The molecule has 0 bridgehead atoms. The van der Waals surface area contributed by atoms with Crippen LogP contribution < -0.4 is 11.1 Å². The Hall–Kier alpha value is -2.92. The molecule has 11 heteroatoms. The first-order valence-electron chi connectivity index (χ1n) is 7.07. The first kappa shape index (κ1) is 19.4. The molecule has 2 rings (SSSR count). The average Bonchev–Trinajstić information content (AvgIpc) is 3.06. The van der Waals surface area contributed by atoms with Crippen LogP contribution in [0.3, 0.4) is 0 Å². The zero-order valence-electron chi connectivity index (χ0n) is 13.2. The van der Waals surface area contributed by atoms with Crippen LogP contribution in [-0.4, -0.2) is 35.1 Å². The second kappa shape index (κ2) is 8.97. The minimum Gasteiger partial charge on any atom is -0.455 e. The molecule has 2 amide bonds. The fourth-order valence-electron chi connectivity index (χ4n) is 1.76. The van der Waals surface area contributed by atoms with Gasteiger partial charge in [0.25, 0.3) is 17.5 Å². The molecule has 1 heterocycles. The fourth-order valence-corrected chi connectivity index (χ4v) is 3.26. The number of carbonyl (C=O) groups excluding carboxylic acids is 3. The highest BCUT2D eigenvalue weighted by Crippen LogP contribution is 2.23. The van der Waals surface area contributed by atoms with Crippen molar-refractivity contribution in [2.75, 3.05) is 17.7 Å². The third kappa shape index (κ3) is 5.57. The molecule has 0 saturated carbocycles. The second-order valence-corrected chi connectivity index (χ2v) is 6.74. The van der Waals surface area contributed by atoms with Crippen LogP contribution in [0.5, 0.6) is 0 Å². The fraction of sp³-hybridized carbons (Fsp3) is 0.133. The number of anilines is 1. The molecule has 0 fully saturated rings. The number of nitrogens with two attached hydrogens (primary N) is 1. The molecule has 0 atom stereocenters. The van der Waals surface area contributed by atoms with Crippen LogP contribution in [0.1, 0.15) is 10.4 Å². The van der Waals surface area contributed by atoms with Gasteiger partial charge in [-0.3, -0.25) is 24.5 Å². The third-order valence-electron chi connectivity index (χ3n) is 2.95. The van der Waals surface area contributed by atoms with E-state index in [-0.39, 0.29) is 17.0 Å². The molecule has 1 aromatic carbocycles. The number of carbonyl (C=O) groups is 3. The van der Waals surface area contributed by atoms with E-state index in [4.69, 9.17) is 10.5 Å². The van der Waals surface area contributed by atoms with Gasteiger partial charge in [0, 0.05) is 17.0 Å². The molecule has 2 aromatic rings. The number of nitrogens with one attached hydrogen (secondary N) is 1.